The molecule has 1 unspecified atom stereocenters. The maximum absolute atomic E-state index is 14.8. The second-order valence-corrected chi connectivity index (χ2v) is 15.2. The van der Waals surface area contributed by atoms with Crippen molar-refractivity contribution in [3.63, 3.8) is 0 Å². The van der Waals surface area contributed by atoms with E-state index in [2.05, 4.69) is 48.9 Å². The van der Waals surface area contributed by atoms with Gasteiger partial charge in [0.05, 0.1) is 11.9 Å². The molecule has 2 aromatic carbocycles. The van der Waals surface area contributed by atoms with Gasteiger partial charge in [0.15, 0.2) is 5.82 Å². The van der Waals surface area contributed by atoms with Gasteiger partial charge < -0.3 is 20.4 Å². The Morgan fingerprint density at radius 3 is 2.35 bits per heavy atom. The van der Waals surface area contributed by atoms with Crippen LogP contribution in [0.1, 0.15) is 63.4 Å². The number of imide groups is 1. The number of anilines is 3. The molecule has 3 aromatic rings. The van der Waals surface area contributed by atoms with Gasteiger partial charge in [-0.05, 0) is 73.4 Å². The number of nitrogens with one attached hydrogen (secondary N) is 3. The first-order valence-corrected chi connectivity index (χ1v) is 20.1. The van der Waals surface area contributed by atoms with E-state index in [0.717, 1.165) is 89.0 Å². The summed E-state index contributed by atoms with van der Waals surface area (Å²) in [5.74, 6) is -0.263. The molecule has 11 nitrogen and oxygen atoms in total. The molecule has 1 aliphatic carbocycles. The Labute approximate surface area is 334 Å². The Balaban J connectivity index is 0.000000196. The number of allylic oxidation sites excluding steroid dienone is 4. The van der Waals surface area contributed by atoms with Crippen molar-refractivity contribution in [2.75, 3.05) is 61.3 Å². The molecule has 4 aliphatic rings. The number of carbonyl (C=O) groups is 3. The van der Waals surface area contributed by atoms with Gasteiger partial charge in [0.25, 0.3) is 0 Å². The van der Waals surface area contributed by atoms with E-state index in [0.29, 0.717) is 47.0 Å². The zero-order valence-corrected chi connectivity index (χ0v) is 32.6. The molecule has 3 amide bonds. The number of benzene rings is 2. The van der Waals surface area contributed by atoms with Crippen LogP contribution < -0.4 is 20.9 Å². The Kier molecular flexibility index (Phi) is 14.6. The van der Waals surface area contributed by atoms with E-state index in [4.69, 9.17) is 0 Å². The third-order valence-electron chi connectivity index (χ3n) is 11.2. The van der Waals surface area contributed by atoms with Crippen LogP contribution in [0.5, 0.6) is 0 Å². The molecule has 1 atom stereocenters. The van der Waals surface area contributed by atoms with Crippen molar-refractivity contribution in [2.45, 2.75) is 69.9 Å². The van der Waals surface area contributed by atoms with Gasteiger partial charge in [-0.15, -0.1) is 0 Å². The zero-order valence-electron chi connectivity index (χ0n) is 32.6. The van der Waals surface area contributed by atoms with E-state index >= 15 is 0 Å². The van der Waals surface area contributed by atoms with Gasteiger partial charge in [-0.25, -0.2) is 18.7 Å². The van der Waals surface area contributed by atoms with E-state index in [1.807, 2.05) is 35.2 Å². The third kappa shape index (κ3) is 11.3. The van der Waals surface area contributed by atoms with Gasteiger partial charge in [-0.2, -0.15) is 0 Å². The van der Waals surface area contributed by atoms with Crippen molar-refractivity contribution >= 4 is 41.1 Å². The Morgan fingerprint density at radius 1 is 0.895 bits per heavy atom. The predicted molar refractivity (Wildman–Crippen MR) is 222 cm³/mol. The normalized spacial score (nSPS) is 19.9. The minimum Gasteiger partial charge on any atom is -0.374 e. The molecule has 3 N–H and O–H groups in total. The lowest BCUT2D eigenvalue weighted by Gasteiger charge is -2.39. The molecule has 13 heteroatoms. The largest absolute Gasteiger partial charge is 0.374 e. The highest BCUT2D eigenvalue weighted by molar-refractivity contribution is 6.01. The zero-order chi connectivity index (χ0) is 40.1. The molecule has 3 saturated heterocycles. The Hall–Kier alpha value is -5.43. The first kappa shape index (κ1) is 41.2. The summed E-state index contributed by atoms with van der Waals surface area (Å²) in [5.41, 5.74) is 4.01. The first-order chi connectivity index (χ1) is 27.7. The number of hydrogen-bond acceptors (Lipinski definition) is 9. The van der Waals surface area contributed by atoms with Crippen LogP contribution in [0.25, 0.3) is 16.8 Å². The minimum atomic E-state index is -0.523. The first-order valence-electron chi connectivity index (χ1n) is 20.1. The fraction of sp³-hybridized carbons (Fsp3) is 0.432. The van der Waals surface area contributed by atoms with Crippen LogP contribution in [0.15, 0.2) is 80.0 Å². The van der Waals surface area contributed by atoms with Crippen LogP contribution in [-0.2, 0) is 14.4 Å². The van der Waals surface area contributed by atoms with Crippen LogP contribution in [-0.4, -0.2) is 95.9 Å². The number of hydrogen-bond donors (Lipinski definition) is 3. The number of amides is 3. The molecule has 0 radical (unpaired) electrons. The number of piperazine rings is 1. The third-order valence-corrected chi connectivity index (χ3v) is 11.2. The van der Waals surface area contributed by atoms with Crippen molar-refractivity contribution < 1.29 is 23.2 Å². The fourth-order valence-electron chi connectivity index (χ4n) is 7.99. The van der Waals surface area contributed by atoms with Gasteiger partial charge in [0.1, 0.15) is 17.6 Å². The standard InChI is InChI=1S/C22H30FN5O3.C22H24FN3/c23-18-13-17(24-19-2-4-21(30)25-22(19)31)1-3-20(18)28-11-9-26(10-12-28)14-16-5-7-27(15-29)8-6-16;1-3-9-16(4-2)17-10-8-11-18(14-17)21-20(23)15-24-22(26-21)25-19-12-6-5-7-13-19/h1,3,13,15-16,19,24H,2,4-12,14H2,(H,25,30,31);3-4,8-11,14-15,19H,1-2,5-7,12-13H2,(H,24,25,26)/b;16-9+. The molecule has 4 heterocycles. The Morgan fingerprint density at radius 2 is 1.67 bits per heavy atom. The van der Waals surface area contributed by atoms with Crippen molar-refractivity contribution in [1.29, 1.82) is 0 Å². The number of carbonyl (C=O) groups excluding carboxylic acids is 3. The second-order valence-electron chi connectivity index (χ2n) is 15.2. The lowest BCUT2D eigenvalue weighted by atomic mass is 9.96. The average molecular weight is 781 g/mol. The van der Waals surface area contributed by atoms with Crippen LogP contribution >= 0.6 is 0 Å². The highest BCUT2D eigenvalue weighted by Crippen LogP contribution is 2.28. The van der Waals surface area contributed by atoms with Crippen molar-refractivity contribution in [1.82, 2.24) is 25.1 Å². The molecular weight excluding hydrogens is 727 g/mol. The van der Waals surface area contributed by atoms with Crippen LogP contribution in [0, 0.1) is 17.6 Å². The smallest absolute Gasteiger partial charge is 0.249 e. The molecule has 57 heavy (non-hydrogen) atoms. The van der Waals surface area contributed by atoms with Crippen LogP contribution in [0.2, 0.25) is 0 Å². The molecule has 1 saturated carbocycles. The maximum atomic E-state index is 14.8. The molecule has 302 valence electrons. The summed E-state index contributed by atoms with van der Waals surface area (Å²) in [7, 11) is 0. The summed E-state index contributed by atoms with van der Waals surface area (Å²) in [6, 6.07) is 12.4. The van der Waals surface area contributed by atoms with Gasteiger partial charge in [-0.3, -0.25) is 24.6 Å². The van der Waals surface area contributed by atoms with Crippen molar-refractivity contribution in [2.24, 2.45) is 5.92 Å². The van der Waals surface area contributed by atoms with Gasteiger partial charge in [0, 0.05) is 69.5 Å². The van der Waals surface area contributed by atoms with E-state index in [1.165, 1.54) is 31.5 Å². The van der Waals surface area contributed by atoms with Gasteiger partial charge in [-0.1, -0.05) is 68.8 Å². The van der Waals surface area contributed by atoms with E-state index in [1.54, 1.807) is 24.3 Å². The monoisotopic (exact) mass is 780 g/mol. The lowest BCUT2D eigenvalue weighted by molar-refractivity contribution is -0.133. The molecule has 7 rings (SSSR count). The van der Waals surface area contributed by atoms with Gasteiger partial charge >= 0.3 is 0 Å². The van der Waals surface area contributed by atoms with Crippen molar-refractivity contribution in [3.8, 4) is 11.3 Å². The number of halogens is 2. The molecular formula is C44H54F2N8O3. The second kappa shape index (κ2) is 20.1. The summed E-state index contributed by atoms with van der Waals surface area (Å²) in [6.07, 6.45) is 16.3. The van der Waals surface area contributed by atoms with Crippen molar-refractivity contribution in [3.05, 3.63) is 97.2 Å². The van der Waals surface area contributed by atoms with Gasteiger partial charge in [0.2, 0.25) is 24.2 Å². The summed E-state index contributed by atoms with van der Waals surface area (Å²) in [4.78, 5) is 48.9. The van der Waals surface area contributed by atoms with E-state index < -0.39 is 11.9 Å². The maximum Gasteiger partial charge on any atom is 0.249 e. The SMILES string of the molecule is C=C/C=C(\C=C)c1cccc(-c2nc(NC3CCCCC3)ncc2F)c1.O=CN1CCC(CN2CCN(c3ccc(NC4CCC(=O)NC4=O)cc3F)CC2)CC1. The van der Waals surface area contributed by atoms with E-state index in [9.17, 15) is 23.2 Å². The molecule has 0 spiro atoms. The number of piperidine rings is 2. The predicted octanol–water partition coefficient (Wildman–Crippen LogP) is 6.82. The van der Waals surface area contributed by atoms with E-state index in [-0.39, 0.29) is 24.1 Å². The number of rotatable bonds is 12. The summed E-state index contributed by atoms with van der Waals surface area (Å²) in [5, 5.41) is 8.68. The number of likely N-dealkylation sites (tertiary alicyclic amines) is 1. The highest BCUT2D eigenvalue weighted by atomic mass is 19.1. The summed E-state index contributed by atoms with van der Waals surface area (Å²) >= 11 is 0. The van der Waals surface area contributed by atoms with Crippen LogP contribution in [0.3, 0.4) is 0 Å². The summed E-state index contributed by atoms with van der Waals surface area (Å²) in [6.45, 7) is 13.6. The Bertz CT molecular complexity index is 1920. The fourth-order valence-corrected chi connectivity index (χ4v) is 7.99. The topological polar surface area (TPSA) is 123 Å². The minimum absolute atomic E-state index is 0.268. The molecule has 3 aliphatic heterocycles. The number of aromatic nitrogens is 2. The van der Waals surface area contributed by atoms with Crippen LogP contribution in [0.4, 0.5) is 26.1 Å². The quantitative estimate of drug-likeness (QED) is 0.103. The number of nitrogens with zero attached hydrogens (tertiary/aromatic N) is 5. The average Bonchev–Trinajstić information content (AvgIpc) is 3.23. The molecule has 4 fully saturated rings. The highest BCUT2D eigenvalue weighted by Gasteiger charge is 2.28. The lowest BCUT2D eigenvalue weighted by Crippen LogP contribution is -2.49. The molecule has 1 aromatic heterocycles. The summed E-state index contributed by atoms with van der Waals surface area (Å²) < 4.78 is 29.2. The molecule has 0 bridgehead atoms.